The first-order chi connectivity index (χ1) is 9.74. The number of aryl methyl sites for hydroxylation is 1. The second kappa shape index (κ2) is 5.13. The SMILES string of the molecule is Cc1ccc(N/N=C2/C(=O)C=Cc3ccccc32)cc1. The van der Waals surface area contributed by atoms with E-state index in [2.05, 4.69) is 10.5 Å². The van der Waals surface area contributed by atoms with Gasteiger partial charge in [-0.25, -0.2) is 0 Å². The van der Waals surface area contributed by atoms with E-state index in [9.17, 15) is 4.79 Å². The van der Waals surface area contributed by atoms with E-state index in [0.717, 1.165) is 16.8 Å². The molecule has 2 aromatic carbocycles. The van der Waals surface area contributed by atoms with Gasteiger partial charge in [-0.2, -0.15) is 5.10 Å². The van der Waals surface area contributed by atoms with Crippen molar-refractivity contribution in [2.24, 2.45) is 5.10 Å². The van der Waals surface area contributed by atoms with Crippen molar-refractivity contribution in [3.63, 3.8) is 0 Å². The van der Waals surface area contributed by atoms with E-state index >= 15 is 0 Å². The van der Waals surface area contributed by atoms with E-state index in [4.69, 9.17) is 0 Å². The number of allylic oxidation sites excluding steroid dienone is 1. The van der Waals surface area contributed by atoms with Crippen LogP contribution in [0.15, 0.2) is 59.7 Å². The molecule has 0 aromatic heterocycles. The van der Waals surface area contributed by atoms with E-state index in [1.807, 2.05) is 61.5 Å². The van der Waals surface area contributed by atoms with Crippen LogP contribution in [-0.4, -0.2) is 11.5 Å². The predicted octanol–water partition coefficient (Wildman–Crippen LogP) is 3.41. The molecule has 3 heteroatoms. The Balaban J connectivity index is 1.92. The van der Waals surface area contributed by atoms with Crippen molar-refractivity contribution in [1.82, 2.24) is 0 Å². The molecule has 3 nitrogen and oxygen atoms in total. The van der Waals surface area contributed by atoms with Crippen LogP contribution in [0.5, 0.6) is 0 Å². The Kier molecular flexibility index (Phi) is 3.17. The minimum absolute atomic E-state index is 0.0803. The van der Waals surface area contributed by atoms with Crippen LogP contribution in [0.3, 0.4) is 0 Å². The Morgan fingerprint density at radius 1 is 0.950 bits per heavy atom. The third-order valence-electron chi connectivity index (χ3n) is 3.21. The summed E-state index contributed by atoms with van der Waals surface area (Å²) >= 11 is 0. The van der Waals surface area contributed by atoms with E-state index < -0.39 is 0 Å². The number of carbonyl (C=O) groups is 1. The maximum Gasteiger partial charge on any atom is 0.206 e. The number of nitrogens with zero attached hydrogens (tertiary/aromatic N) is 1. The molecule has 20 heavy (non-hydrogen) atoms. The van der Waals surface area contributed by atoms with Crippen LogP contribution < -0.4 is 5.43 Å². The van der Waals surface area contributed by atoms with Gasteiger partial charge < -0.3 is 0 Å². The molecule has 1 aliphatic rings. The van der Waals surface area contributed by atoms with Crippen molar-refractivity contribution in [3.05, 3.63) is 71.3 Å². The van der Waals surface area contributed by atoms with E-state index in [1.165, 1.54) is 5.56 Å². The summed E-state index contributed by atoms with van der Waals surface area (Å²) < 4.78 is 0. The fourth-order valence-corrected chi connectivity index (χ4v) is 2.10. The fraction of sp³-hybridized carbons (Fsp3) is 0.0588. The molecule has 0 atom stereocenters. The van der Waals surface area contributed by atoms with Gasteiger partial charge in [0.05, 0.1) is 5.69 Å². The van der Waals surface area contributed by atoms with Crippen LogP contribution in [0.4, 0.5) is 5.69 Å². The van der Waals surface area contributed by atoms with E-state index in [0.29, 0.717) is 5.71 Å². The Morgan fingerprint density at radius 3 is 2.50 bits per heavy atom. The molecule has 0 saturated carbocycles. The summed E-state index contributed by atoms with van der Waals surface area (Å²) in [6.45, 7) is 2.03. The zero-order chi connectivity index (χ0) is 13.9. The molecule has 0 spiro atoms. The smallest absolute Gasteiger partial charge is 0.206 e. The molecule has 1 aliphatic carbocycles. The van der Waals surface area contributed by atoms with Crippen molar-refractivity contribution in [2.75, 3.05) is 5.43 Å². The zero-order valence-electron chi connectivity index (χ0n) is 11.1. The molecule has 0 fully saturated rings. The fourth-order valence-electron chi connectivity index (χ4n) is 2.10. The van der Waals surface area contributed by atoms with Crippen molar-refractivity contribution in [2.45, 2.75) is 6.92 Å². The quantitative estimate of drug-likeness (QED) is 0.843. The molecular weight excluding hydrogens is 248 g/mol. The van der Waals surface area contributed by atoms with Gasteiger partial charge in [0.15, 0.2) is 0 Å². The molecule has 0 amide bonds. The largest absolute Gasteiger partial charge is 0.287 e. The van der Waals surface area contributed by atoms with Gasteiger partial charge in [-0.3, -0.25) is 10.2 Å². The number of hydrogen-bond acceptors (Lipinski definition) is 3. The molecule has 0 heterocycles. The van der Waals surface area contributed by atoms with Crippen LogP contribution in [0.2, 0.25) is 0 Å². The van der Waals surface area contributed by atoms with Gasteiger partial charge >= 0.3 is 0 Å². The third kappa shape index (κ3) is 2.38. The number of fused-ring (bicyclic) bond motifs is 1. The molecule has 0 bridgehead atoms. The summed E-state index contributed by atoms with van der Waals surface area (Å²) in [7, 11) is 0. The Hall–Kier alpha value is -2.68. The van der Waals surface area contributed by atoms with Gasteiger partial charge in [0.25, 0.3) is 0 Å². The normalized spacial score (nSPS) is 15.2. The maximum atomic E-state index is 12.0. The maximum absolute atomic E-state index is 12.0. The van der Waals surface area contributed by atoms with Gasteiger partial charge in [-0.1, -0.05) is 48.0 Å². The number of rotatable bonds is 2. The van der Waals surface area contributed by atoms with Crippen LogP contribution in [0.1, 0.15) is 16.7 Å². The average molecular weight is 262 g/mol. The highest BCUT2D eigenvalue weighted by Gasteiger charge is 2.18. The predicted molar refractivity (Wildman–Crippen MR) is 81.8 cm³/mol. The van der Waals surface area contributed by atoms with E-state index in [1.54, 1.807) is 6.08 Å². The van der Waals surface area contributed by atoms with Gasteiger partial charge in [0.2, 0.25) is 5.78 Å². The van der Waals surface area contributed by atoms with Crippen LogP contribution in [0, 0.1) is 6.92 Å². The molecule has 0 saturated heterocycles. The van der Waals surface area contributed by atoms with Crippen LogP contribution in [0.25, 0.3) is 6.08 Å². The Bertz CT molecular complexity index is 712. The summed E-state index contributed by atoms with van der Waals surface area (Å²) in [5.74, 6) is -0.0803. The summed E-state index contributed by atoms with van der Waals surface area (Å²) in [6, 6.07) is 15.6. The highest BCUT2D eigenvalue weighted by Crippen LogP contribution is 2.18. The second-order valence-corrected chi connectivity index (χ2v) is 4.72. The zero-order valence-corrected chi connectivity index (χ0v) is 11.1. The van der Waals surface area contributed by atoms with Crippen molar-refractivity contribution in [3.8, 4) is 0 Å². The minimum Gasteiger partial charge on any atom is -0.287 e. The number of anilines is 1. The summed E-state index contributed by atoms with van der Waals surface area (Å²) in [4.78, 5) is 12.0. The van der Waals surface area contributed by atoms with Crippen molar-refractivity contribution in [1.29, 1.82) is 0 Å². The number of hydrazone groups is 1. The highest BCUT2D eigenvalue weighted by molar-refractivity contribution is 6.52. The standard InChI is InChI=1S/C17H14N2O/c1-12-6-9-14(10-7-12)18-19-17-15-5-3-2-4-13(15)8-11-16(17)20/h2-11,18H,1H3/b19-17+. The molecule has 3 rings (SSSR count). The summed E-state index contributed by atoms with van der Waals surface area (Å²) in [5.41, 5.74) is 7.31. The van der Waals surface area contributed by atoms with Gasteiger partial charge in [-0.15, -0.1) is 0 Å². The van der Waals surface area contributed by atoms with Crippen molar-refractivity contribution < 1.29 is 4.79 Å². The molecule has 1 N–H and O–H groups in total. The lowest BCUT2D eigenvalue weighted by Gasteiger charge is -2.12. The monoisotopic (exact) mass is 262 g/mol. The van der Waals surface area contributed by atoms with Gasteiger partial charge in [0.1, 0.15) is 5.71 Å². The third-order valence-corrected chi connectivity index (χ3v) is 3.21. The first-order valence-corrected chi connectivity index (χ1v) is 6.46. The highest BCUT2D eigenvalue weighted by atomic mass is 16.1. The topological polar surface area (TPSA) is 41.5 Å². The lowest BCUT2D eigenvalue weighted by Crippen LogP contribution is -2.19. The van der Waals surface area contributed by atoms with Crippen molar-refractivity contribution >= 4 is 23.3 Å². The van der Waals surface area contributed by atoms with Crippen LogP contribution >= 0.6 is 0 Å². The summed E-state index contributed by atoms with van der Waals surface area (Å²) in [6.07, 6.45) is 3.38. The summed E-state index contributed by atoms with van der Waals surface area (Å²) in [5, 5.41) is 4.27. The Morgan fingerprint density at radius 2 is 1.70 bits per heavy atom. The average Bonchev–Trinajstić information content (AvgIpc) is 2.48. The van der Waals surface area contributed by atoms with Gasteiger partial charge in [-0.05, 0) is 30.7 Å². The van der Waals surface area contributed by atoms with E-state index in [-0.39, 0.29) is 5.78 Å². The lowest BCUT2D eigenvalue weighted by molar-refractivity contribution is -0.108. The number of nitrogens with one attached hydrogen (secondary N) is 1. The lowest BCUT2D eigenvalue weighted by atomic mass is 9.95. The number of hydrogen-bond donors (Lipinski definition) is 1. The van der Waals surface area contributed by atoms with Gasteiger partial charge in [0, 0.05) is 5.56 Å². The first kappa shape index (κ1) is 12.4. The molecule has 0 unspecified atom stereocenters. The molecule has 0 aliphatic heterocycles. The Labute approximate surface area is 117 Å². The molecule has 98 valence electrons. The number of benzene rings is 2. The molecule has 2 aromatic rings. The second-order valence-electron chi connectivity index (χ2n) is 4.72. The number of ketones is 1. The minimum atomic E-state index is -0.0803. The number of carbonyl (C=O) groups excluding carboxylic acids is 1. The first-order valence-electron chi connectivity index (χ1n) is 6.46. The van der Waals surface area contributed by atoms with Crippen LogP contribution in [-0.2, 0) is 4.79 Å². The molecule has 0 radical (unpaired) electrons. The molecular formula is C17H14N2O.